The van der Waals surface area contributed by atoms with Crippen molar-refractivity contribution >= 4 is 17.4 Å². The Kier molecular flexibility index (Phi) is 5.44. The Balaban J connectivity index is 1.87. The second-order valence-corrected chi connectivity index (χ2v) is 5.96. The fourth-order valence-electron chi connectivity index (χ4n) is 2.63. The van der Waals surface area contributed by atoms with Crippen LogP contribution in [0.4, 0.5) is 5.69 Å². The standard InChI is InChI=1S/C22H20N2O2/c1-16-10-8-9-15-19(16)23-21(20(25)17-11-4-2-5-12-17)24-22(26)18-13-6-3-7-14-18/h2-15,21,23H,1H3,(H,24,26). The maximum atomic E-state index is 13.0. The molecule has 1 atom stereocenters. The molecule has 0 aliphatic heterocycles. The summed E-state index contributed by atoms with van der Waals surface area (Å²) in [5.41, 5.74) is 2.83. The van der Waals surface area contributed by atoms with Gasteiger partial charge in [0.1, 0.15) is 0 Å². The van der Waals surface area contributed by atoms with E-state index in [1.807, 2.05) is 43.3 Å². The molecule has 0 saturated carbocycles. The molecule has 130 valence electrons. The van der Waals surface area contributed by atoms with Gasteiger partial charge in [0.15, 0.2) is 6.17 Å². The number of carbonyl (C=O) groups is 2. The lowest BCUT2D eigenvalue weighted by Crippen LogP contribution is -2.46. The van der Waals surface area contributed by atoms with Crippen LogP contribution < -0.4 is 10.6 Å². The number of nitrogens with one attached hydrogen (secondary N) is 2. The van der Waals surface area contributed by atoms with Gasteiger partial charge in [0, 0.05) is 16.8 Å². The quantitative estimate of drug-likeness (QED) is 0.524. The van der Waals surface area contributed by atoms with Gasteiger partial charge in [0.05, 0.1) is 0 Å². The van der Waals surface area contributed by atoms with Gasteiger partial charge < -0.3 is 10.6 Å². The second-order valence-electron chi connectivity index (χ2n) is 5.96. The summed E-state index contributed by atoms with van der Waals surface area (Å²) in [6.07, 6.45) is -0.869. The summed E-state index contributed by atoms with van der Waals surface area (Å²) in [7, 11) is 0. The van der Waals surface area contributed by atoms with Crippen molar-refractivity contribution in [1.82, 2.24) is 5.32 Å². The zero-order valence-electron chi connectivity index (χ0n) is 14.5. The summed E-state index contributed by atoms with van der Waals surface area (Å²) in [5.74, 6) is -0.501. The number of para-hydroxylation sites is 1. The van der Waals surface area contributed by atoms with Gasteiger partial charge in [0.2, 0.25) is 5.78 Å². The molecule has 0 aliphatic carbocycles. The SMILES string of the molecule is Cc1ccccc1NC(NC(=O)c1ccccc1)C(=O)c1ccccc1. The van der Waals surface area contributed by atoms with Gasteiger partial charge in [-0.15, -0.1) is 0 Å². The van der Waals surface area contributed by atoms with E-state index in [-0.39, 0.29) is 11.7 Å². The summed E-state index contributed by atoms with van der Waals surface area (Å²) < 4.78 is 0. The van der Waals surface area contributed by atoms with Crippen LogP contribution in [0.1, 0.15) is 26.3 Å². The molecule has 0 fully saturated rings. The van der Waals surface area contributed by atoms with Crippen molar-refractivity contribution in [2.45, 2.75) is 13.1 Å². The van der Waals surface area contributed by atoms with Crippen molar-refractivity contribution < 1.29 is 9.59 Å². The highest BCUT2D eigenvalue weighted by Crippen LogP contribution is 2.16. The number of aryl methyl sites for hydroxylation is 1. The first-order valence-electron chi connectivity index (χ1n) is 8.42. The first kappa shape index (κ1) is 17.4. The van der Waals surface area contributed by atoms with Crippen LogP contribution in [0.3, 0.4) is 0 Å². The first-order valence-corrected chi connectivity index (χ1v) is 8.42. The maximum absolute atomic E-state index is 13.0. The summed E-state index contributed by atoms with van der Waals surface area (Å²) in [6, 6.07) is 25.4. The molecular weight excluding hydrogens is 324 g/mol. The number of hydrogen-bond acceptors (Lipinski definition) is 3. The Bertz CT molecular complexity index is 892. The lowest BCUT2D eigenvalue weighted by molar-refractivity contribution is 0.0869. The third kappa shape index (κ3) is 4.16. The fourth-order valence-corrected chi connectivity index (χ4v) is 2.63. The highest BCUT2D eigenvalue weighted by Gasteiger charge is 2.23. The molecule has 3 rings (SSSR count). The Labute approximate surface area is 152 Å². The minimum Gasteiger partial charge on any atom is -0.359 e. The number of amides is 1. The third-order valence-electron chi connectivity index (χ3n) is 4.08. The molecule has 3 aromatic carbocycles. The van der Waals surface area contributed by atoms with Crippen LogP contribution in [0.15, 0.2) is 84.9 Å². The summed E-state index contributed by atoms with van der Waals surface area (Å²) in [6.45, 7) is 1.95. The van der Waals surface area contributed by atoms with Crippen LogP contribution >= 0.6 is 0 Å². The Morgan fingerprint density at radius 1 is 0.731 bits per heavy atom. The largest absolute Gasteiger partial charge is 0.359 e. The Morgan fingerprint density at radius 3 is 1.88 bits per heavy atom. The summed E-state index contributed by atoms with van der Waals surface area (Å²) in [4.78, 5) is 25.5. The van der Waals surface area contributed by atoms with Gasteiger partial charge in [0.25, 0.3) is 5.91 Å². The van der Waals surface area contributed by atoms with Crippen molar-refractivity contribution in [3.05, 3.63) is 102 Å². The normalized spacial score (nSPS) is 11.4. The molecule has 0 saturated heterocycles. The number of ketones is 1. The predicted molar refractivity (Wildman–Crippen MR) is 103 cm³/mol. The van der Waals surface area contributed by atoms with E-state index in [0.717, 1.165) is 11.3 Å². The van der Waals surface area contributed by atoms with E-state index in [1.165, 1.54) is 0 Å². The van der Waals surface area contributed by atoms with E-state index in [2.05, 4.69) is 10.6 Å². The highest BCUT2D eigenvalue weighted by molar-refractivity contribution is 6.05. The second kappa shape index (κ2) is 8.12. The average Bonchev–Trinajstić information content (AvgIpc) is 2.70. The number of anilines is 1. The number of hydrogen-bond donors (Lipinski definition) is 2. The molecule has 4 nitrogen and oxygen atoms in total. The van der Waals surface area contributed by atoms with E-state index >= 15 is 0 Å². The molecule has 26 heavy (non-hydrogen) atoms. The predicted octanol–water partition coefficient (Wildman–Crippen LogP) is 4.05. The zero-order chi connectivity index (χ0) is 18.4. The molecule has 0 radical (unpaired) electrons. The topological polar surface area (TPSA) is 58.2 Å². The van der Waals surface area contributed by atoms with Gasteiger partial charge in [-0.1, -0.05) is 66.7 Å². The van der Waals surface area contributed by atoms with Crippen LogP contribution in [-0.2, 0) is 0 Å². The van der Waals surface area contributed by atoms with Crippen LogP contribution in [0.25, 0.3) is 0 Å². The van der Waals surface area contributed by atoms with E-state index in [0.29, 0.717) is 11.1 Å². The van der Waals surface area contributed by atoms with Gasteiger partial charge in [-0.25, -0.2) is 0 Å². The van der Waals surface area contributed by atoms with Crippen molar-refractivity contribution in [2.75, 3.05) is 5.32 Å². The Morgan fingerprint density at radius 2 is 1.27 bits per heavy atom. The minimum atomic E-state index is -0.869. The molecule has 2 N–H and O–H groups in total. The van der Waals surface area contributed by atoms with Crippen molar-refractivity contribution in [3.8, 4) is 0 Å². The van der Waals surface area contributed by atoms with Crippen LogP contribution in [0.2, 0.25) is 0 Å². The van der Waals surface area contributed by atoms with Gasteiger partial charge in [-0.2, -0.15) is 0 Å². The number of carbonyl (C=O) groups excluding carboxylic acids is 2. The molecular formula is C22H20N2O2. The van der Waals surface area contributed by atoms with E-state index in [9.17, 15) is 9.59 Å². The fraction of sp³-hybridized carbons (Fsp3) is 0.0909. The van der Waals surface area contributed by atoms with Crippen molar-refractivity contribution in [2.24, 2.45) is 0 Å². The smallest absolute Gasteiger partial charge is 0.253 e. The summed E-state index contributed by atoms with van der Waals surface area (Å²) in [5, 5.41) is 5.97. The first-order chi connectivity index (χ1) is 12.6. The molecule has 0 bridgehead atoms. The number of Topliss-reactive ketones (excluding diaryl/α,β-unsaturated/α-hetero) is 1. The highest BCUT2D eigenvalue weighted by atomic mass is 16.2. The Hall–Kier alpha value is -3.40. The van der Waals surface area contributed by atoms with Crippen LogP contribution in [0, 0.1) is 6.92 Å². The monoisotopic (exact) mass is 344 g/mol. The van der Waals surface area contributed by atoms with Gasteiger partial charge in [-0.3, -0.25) is 9.59 Å². The number of rotatable bonds is 6. The maximum Gasteiger partial charge on any atom is 0.253 e. The average molecular weight is 344 g/mol. The van der Waals surface area contributed by atoms with Gasteiger partial charge in [-0.05, 0) is 30.7 Å². The van der Waals surface area contributed by atoms with Crippen LogP contribution in [0.5, 0.6) is 0 Å². The molecule has 0 spiro atoms. The van der Waals surface area contributed by atoms with Crippen molar-refractivity contribution in [1.29, 1.82) is 0 Å². The number of benzene rings is 3. The molecule has 0 heterocycles. The zero-order valence-corrected chi connectivity index (χ0v) is 14.5. The third-order valence-corrected chi connectivity index (χ3v) is 4.08. The lowest BCUT2D eigenvalue weighted by atomic mass is 10.1. The molecule has 3 aromatic rings. The molecule has 1 amide bonds. The van der Waals surface area contributed by atoms with Crippen molar-refractivity contribution in [3.63, 3.8) is 0 Å². The van der Waals surface area contributed by atoms with E-state index in [4.69, 9.17) is 0 Å². The molecule has 4 heteroatoms. The van der Waals surface area contributed by atoms with Gasteiger partial charge >= 0.3 is 0 Å². The van der Waals surface area contributed by atoms with Crippen LogP contribution in [-0.4, -0.2) is 17.9 Å². The van der Waals surface area contributed by atoms with E-state index < -0.39 is 6.17 Å². The lowest BCUT2D eigenvalue weighted by Gasteiger charge is -2.21. The minimum absolute atomic E-state index is 0.196. The summed E-state index contributed by atoms with van der Waals surface area (Å²) >= 11 is 0. The molecule has 0 aromatic heterocycles. The molecule has 1 unspecified atom stereocenters. The molecule has 0 aliphatic rings. The van der Waals surface area contributed by atoms with E-state index in [1.54, 1.807) is 48.5 Å².